The molecular formula is C16H26N4O. The zero-order valence-corrected chi connectivity index (χ0v) is 12.9. The van der Waals surface area contributed by atoms with E-state index in [-0.39, 0.29) is 0 Å². The number of nitrogens with zero attached hydrogens (tertiary/aromatic N) is 4. The SMILES string of the molecule is CN1CCC[C@@H]1[C@@H]1CCCN1C(=O)CCCn1cccn1. The molecule has 5 nitrogen and oxygen atoms in total. The van der Waals surface area contributed by atoms with Crippen LogP contribution in [0.15, 0.2) is 18.5 Å². The van der Waals surface area contributed by atoms with Gasteiger partial charge in [-0.15, -0.1) is 0 Å². The first-order valence-corrected chi connectivity index (χ1v) is 8.23. The Morgan fingerprint density at radius 2 is 2.05 bits per heavy atom. The van der Waals surface area contributed by atoms with Crippen molar-refractivity contribution in [3.63, 3.8) is 0 Å². The molecular weight excluding hydrogens is 264 g/mol. The predicted octanol–water partition coefficient (Wildman–Crippen LogP) is 1.75. The molecule has 0 bridgehead atoms. The Labute approximate surface area is 126 Å². The van der Waals surface area contributed by atoms with Crippen LogP contribution in [0.1, 0.15) is 38.5 Å². The van der Waals surface area contributed by atoms with Crippen LogP contribution in [0.5, 0.6) is 0 Å². The van der Waals surface area contributed by atoms with Crippen molar-refractivity contribution < 1.29 is 4.79 Å². The largest absolute Gasteiger partial charge is 0.338 e. The van der Waals surface area contributed by atoms with E-state index in [1.165, 1.54) is 32.2 Å². The Balaban J connectivity index is 1.51. The standard InChI is InChI=1S/C16H26N4O/c1-18-10-2-6-14(18)15-7-3-13-20(15)16(21)8-4-11-19-12-5-9-17-19/h5,9,12,14-15H,2-4,6-8,10-11,13H2,1H3/t14-,15+/m1/s1. The second-order valence-electron chi connectivity index (χ2n) is 6.36. The molecule has 2 fully saturated rings. The molecule has 1 aromatic rings. The molecule has 5 heteroatoms. The van der Waals surface area contributed by atoms with E-state index in [2.05, 4.69) is 21.9 Å². The van der Waals surface area contributed by atoms with Crippen LogP contribution in [0.2, 0.25) is 0 Å². The summed E-state index contributed by atoms with van der Waals surface area (Å²) in [4.78, 5) is 17.1. The van der Waals surface area contributed by atoms with Crippen molar-refractivity contribution in [1.29, 1.82) is 0 Å². The van der Waals surface area contributed by atoms with E-state index >= 15 is 0 Å². The van der Waals surface area contributed by atoms with Gasteiger partial charge in [0.15, 0.2) is 0 Å². The van der Waals surface area contributed by atoms with Crippen LogP contribution in [0, 0.1) is 0 Å². The van der Waals surface area contributed by atoms with Gasteiger partial charge in [0.2, 0.25) is 5.91 Å². The zero-order chi connectivity index (χ0) is 14.7. The molecule has 0 unspecified atom stereocenters. The molecule has 0 aromatic carbocycles. The molecule has 1 amide bonds. The van der Waals surface area contributed by atoms with Gasteiger partial charge in [0.1, 0.15) is 0 Å². The van der Waals surface area contributed by atoms with Crippen LogP contribution < -0.4 is 0 Å². The number of hydrogen-bond acceptors (Lipinski definition) is 3. The first-order valence-electron chi connectivity index (χ1n) is 8.23. The number of amides is 1. The number of carbonyl (C=O) groups excluding carboxylic acids is 1. The van der Waals surface area contributed by atoms with E-state index in [0.717, 1.165) is 19.5 Å². The topological polar surface area (TPSA) is 41.4 Å². The smallest absolute Gasteiger partial charge is 0.222 e. The average Bonchev–Trinajstić information content (AvgIpc) is 3.18. The molecule has 0 spiro atoms. The quantitative estimate of drug-likeness (QED) is 0.829. The fourth-order valence-corrected chi connectivity index (χ4v) is 3.89. The minimum atomic E-state index is 0.338. The highest BCUT2D eigenvalue weighted by Crippen LogP contribution is 2.29. The molecule has 2 aliphatic rings. The van der Waals surface area contributed by atoms with Crippen LogP contribution in [0.25, 0.3) is 0 Å². The average molecular weight is 290 g/mol. The first kappa shape index (κ1) is 14.6. The molecule has 0 radical (unpaired) electrons. The van der Waals surface area contributed by atoms with Gasteiger partial charge in [-0.25, -0.2) is 0 Å². The van der Waals surface area contributed by atoms with E-state index in [1.807, 2.05) is 16.9 Å². The van der Waals surface area contributed by atoms with Gasteiger partial charge in [-0.1, -0.05) is 0 Å². The summed E-state index contributed by atoms with van der Waals surface area (Å²) in [6.07, 6.45) is 10.1. The lowest BCUT2D eigenvalue weighted by Gasteiger charge is -2.33. The second-order valence-corrected chi connectivity index (χ2v) is 6.36. The summed E-state index contributed by atoms with van der Waals surface area (Å²) >= 11 is 0. The molecule has 116 valence electrons. The highest BCUT2D eigenvalue weighted by Gasteiger charge is 2.37. The molecule has 3 heterocycles. The van der Waals surface area contributed by atoms with Crippen molar-refractivity contribution in [3.05, 3.63) is 18.5 Å². The number of hydrogen-bond donors (Lipinski definition) is 0. The normalized spacial score (nSPS) is 26.6. The van der Waals surface area contributed by atoms with Crippen LogP contribution >= 0.6 is 0 Å². The second kappa shape index (κ2) is 6.60. The van der Waals surface area contributed by atoms with Crippen LogP contribution in [0.3, 0.4) is 0 Å². The summed E-state index contributed by atoms with van der Waals surface area (Å²) in [6.45, 7) is 2.97. The Bertz CT molecular complexity index is 459. The van der Waals surface area contributed by atoms with Gasteiger partial charge >= 0.3 is 0 Å². The van der Waals surface area contributed by atoms with Gasteiger partial charge in [0, 0.05) is 44.0 Å². The van der Waals surface area contributed by atoms with Gasteiger partial charge in [-0.05, 0) is 51.8 Å². The van der Waals surface area contributed by atoms with E-state index in [4.69, 9.17) is 0 Å². The van der Waals surface area contributed by atoms with Crippen molar-refractivity contribution in [3.8, 4) is 0 Å². The number of aryl methyl sites for hydroxylation is 1. The third kappa shape index (κ3) is 3.28. The summed E-state index contributed by atoms with van der Waals surface area (Å²) < 4.78 is 1.90. The number of aromatic nitrogens is 2. The maximum absolute atomic E-state index is 12.5. The Morgan fingerprint density at radius 3 is 2.76 bits per heavy atom. The molecule has 1 aromatic heterocycles. The van der Waals surface area contributed by atoms with E-state index in [9.17, 15) is 4.79 Å². The van der Waals surface area contributed by atoms with Crippen molar-refractivity contribution in [2.75, 3.05) is 20.1 Å². The number of likely N-dealkylation sites (tertiary alicyclic amines) is 2. The van der Waals surface area contributed by atoms with Crippen molar-refractivity contribution in [2.24, 2.45) is 0 Å². The zero-order valence-electron chi connectivity index (χ0n) is 12.9. The fraction of sp³-hybridized carbons (Fsp3) is 0.750. The summed E-state index contributed by atoms with van der Waals surface area (Å²) in [5, 5.41) is 4.18. The van der Waals surface area contributed by atoms with Gasteiger partial charge in [-0.3, -0.25) is 9.48 Å². The van der Waals surface area contributed by atoms with E-state index in [0.29, 0.717) is 24.4 Å². The molecule has 3 rings (SSSR count). The summed E-state index contributed by atoms with van der Waals surface area (Å²) in [5.74, 6) is 0.338. The van der Waals surface area contributed by atoms with Gasteiger partial charge < -0.3 is 9.80 Å². The van der Waals surface area contributed by atoms with Crippen molar-refractivity contribution in [2.45, 2.75) is 57.2 Å². The maximum Gasteiger partial charge on any atom is 0.222 e. The minimum absolute atomic E-state index is 0.338. The van der Waals surface area contributed by atoms with Crippen molar-refractivity contribution in [1.82, 2.24) is 19.6 Å². The molecule has 2 atom stereocenters. The molecule has 0 saturated carbocycles. The van der Waals surface area contributed by atoms with E-state index < -0.39 is 0 Å². The third-order valence-corrected chi connectivity index (χ3v) is 4.98. The van der Waals surface area contributed by atoms with Crippen molar-refractivity contribution >= 4 is 5.91 Å². The fourth-order valence-electron chi connectivity index (χ4n) is 3.89. The molecule has 2 saturated heterocycles. The van der Waals surface area contributed by atoms with Crippen LogP contribution in [0.4, 0.5) is 0 Å². The number of likely N-dealkylation sites (N-methyl/N-ethyl adjacent to an activating group) is 1. The summed E-state index contributed by atoms with van der Waals surface area (Å²) in [5.41, 5.74) is 0. The minimum Gasteiger partial charge on any atom is -0.338 e. The maximum atomic E-state index is 12.5. The third-order valence-electron chi connectivity index (χ3n) is 4.98. The highest BCUT2D eigenvalue weighted by molar-refractivity contribution is 5.76. The lowest BCUT2D eigenvalue weighted by molar-refractivity contribution is -0.133. The molecule has 2 aliphatic heterocycles. The Morgan fingerprint density at radius 1 is 1.24 bits per heavy atom. The lowest BCUT2D eigenvalue weighted by Crippen LogP contribution is -2.47. The molecule has 0 N–H and O–H groups in total. The lowest BCUT2D eigenvalue weighted by atomic mass is 10.0. The monoisotopic (exact) mass is 290 g/mol. The molecule has 0 aliphatic carbocycles. The van der Waals surface area contributed by atoms with E-state index in [1.54, 1.807) is 6.20 Å². The number of rotatable bonds is 5. The Kier molecular flexibility index (Phi) is 4.58. The van der Waals surface area contributed by atoms with Crippen LogP contribution in [-0.4, -0.2) is 57.7 Å². The Hall–Kier alpha value is -1.36. The van der Waals surface area contributed by atoms with Gasteiger partial charge in [-0.2, -0.15) is 5.10 Å². The summed E-state index contributed by atoms with van der Waals surface area (Å²) in [7, 11) is 2.20. The number of carbonyl (C=O) groups is 1. The predicted molar refractivity (Wildman–Crippen MR) is 81.8 cm³/mol. The van der Waals surface area contributed by atoms with Gasteiger partial charge in [0.05, 0.1) is 0 Å². The van der Waals surface area contributed by atoms with Crippen LogP contribution in [-0.2, 0) is 11.3 Å². The highest BCUT2D eigenvalue weighted by atomic mass is 16.2. The van der Waals surface area contributed by atoms with Gasteiger partial charge in [0.25, 0.3) is 0 Å². The first-order chi connectivity index (χ1) is 10.3. The molecule has 21 heavy (non-hydrogen) atoms. The summed E-state index contributed by atoms with van der Waals surface area (Å²) in [6, 6.07) is 2.96.